The Bertz CT molecular complexity index is 1000. The molecule has 0 spiro atoms. The van der Waals surface area contributed by atoms with E-state index in [9.17, 15) is 14.4 Å². The van der Waals surface area contributed by atoms with Gasteiger partial charge in [-0.25, -0.2) is 14.6 Å². The van der Waals surface area contributed by atoms with Crippen molar-refractivity contribution >= 4 is 29.2 Å². The zero-order chi connectivity index (χ0) is 20.6. The Hall–Kier alpha value is -3.52. The van der Waals surface area contributed by atoms with Crippen LogP contribution in [0.15, 0.2) is 60.7 Å². The van der Waals surface area contributed by atoms with Gasteiger partial charge in [-0.05, 0) is 12.5 Å². The van der Waals surface area contributed by atoms with Gasteiger partial charge in [-0.3, -0.25) is 10.1 Å². The van der Waals surface area contributed by atoms with E-state index >= 15 is 0 Å². The molecule has 0 aliphatic carbocycles. The predicted molar refractivity (Wildman–Crippen MR) is 109 cm³/mol. The lowest BCUT2D eigenvalue weighted by Gasteiger charge is -2.07. The van der Waals surface area contributed by atoms with Gasteiger partial charge in [0.15, 0.2) is 6.61 Å². The number of aromatic nitrogens is 1. The van der Waals surface area contributed by atoms with E-state index in [2.05, 4.69) is 15.6 Å². The Morgan fingerprint density at radius 2 is 1.66 bits per heavy atom. The maximum absolute atomic E-state index is 12.3. The van der Waals surface area contributed by atoms with Gasteiger partial charge >= 0.3 is 12.0 Å². The van der Waals surface area contributed by atoms with Crippen LogP contribution in [0.2, 0.25) is 0 Å². The molecule has 1 heterocycles. The number of nitrogens with one attached hydrogen (secondary N) is 2. The van der Waals surface area contributed by atoms with E-state index < -0.39 is 24.5 Å². The topological polar surface area (TPSA) is 97.4 Å². The fourth-order valence-electron chi connectivity index (χ4n) is 2.47. The highest BCUT2D eigenvalue weighted by Crippen LogP contribution is 2.28. The second-order valence-corrected chi connectivity index (χ2v) is 7.09. The summed E-state index contributed by atoms with van der Waals surface area (Å²) < 4.78 is 5.02. The SMILES string of the molecule is Cc1nc(-c2ccccc2)sc1C(=O)OCC(=O)NC(=O)NCc1ccccc1. The van der Waals surface area contributed by atoms with Gasteiger partial charge < -0.3 is 10.1 Å². The lowest BCUT2D eigenvalue weighted by atomic mass is 10.2. The summed E-state index contributed by atoms with van der Waals surface area (Å²) in [5.41, 5.74) is 2.32. The van der Waals surface area contributed by atoms with Gasteiger partial charge in [-0.2, -0.15) is 0 Å². The molecule has 0 radical (unpaired) electrons. The number of amides is 3. The lowest BCUT2D eigenvalue weighted by molar-refractivity contribution is -0.123. The molecular formula is C21H19N3O4S. The molecule has 2 aromatic carbocycles. The molecular weight excluding hydrogens is 390 g/mol. The normalized spacial score (nSPS) is 10.2. The molecule has 0 bridgehead atoms. The number of hydrogen-bond acceptors (Lipinski definition) is 6. The van der Waals surface area contributed by atoms with Crippen LogP contribution < -0.4 is 10.6 Å². The molecule has 3 aromatic rings. The minimum Gasteiger partial charge on any atom is -0.451 e. The maximum Gasteiger partial charge on any atom is 0.350 e. The number of rotatable bonds is 6. The van der Waals surface area contributed by atoms with Crippen LogP contribution in [-0.4, -0.2) is 29.5 Å². The molecule has 0 saturated heterocycles. The van der Waals surface area contributed by atoms with Crippen molar-refractivity contribution in [3.8, 4) is 10.6 Å². The highest BCUT2D eigenvalue weighted by Gasteiger charge is 2.19. The van der Waals surface area contributed by atoms with Crippen molar-refractivity contribution < 1.29 is 19.1 Å². The van der Waals surface area contributed by atoms with E-state index in [0.29, 0.717) is 15.6 Å². The van der Waals surface area contributed by atoms with Crippen molar-refractivity contribution in [1.82, 2.24) is 15.6 Å². The molecule has 0 fully saturated rings. The number of carbonyl (C=O) groups is 3. The number of carbonyl (C=O) groups excluding carboxylic acids is 3. The Labute approximate surface area is 171 Å². The molecule has 8 heteroatoms. The highest BCUT2D eigenvalue weighted by molar-refractivity contribution is 7.17. The lowest BCUT2D eigenvalue weighted by Crippen LogP contribution is -2.41. The van der Waals surface area contributed by atoms with Crippen LogP contribution >= 0.6 is 11.3 Å². The second-order valence-electron chi connectivity index (χ2n) is 6.09. The molecule has 0 atom stereocenters. The number of nitrogens with zero attached hydrogens (tertiary/aromatic N) is 1. The van der Waals surface area contributed by atoms with E-state index in [1.165, 1.54) is 11.3 Å². The minimum absolute atomic E-state index is 0.280. The quantitative estimate of drug-likeness (QED) is 0.609. The summed E-state index contributed by atoms with van der Waals surface area (Å²) in [4.78, 5) is 40.6. The van der Waals surface area contributed by atoms with Gasteiger partial charge in [0, 0.05) is 12.1 Å². The summed E-state index contributed by atoms with van der Waals surface area (Å²) in [5.74, 6) is -1.36. The Morgan fingerprint density at radius 1 is 1.00 bits per heavy atom. The summed E-state index contributed by atoms with van der Waals surface area (Å²) in [6.45, 7) is 1.42. The van der Waals surface area contributed by atoms with Crippen LogP contribution in [-0.2, 0) is 16.1 Å². The minimum atomic E-state index is -0.714. The van der Waals surface area contributed by atoms with Crippen molar-refractivity contribution in [2.75, 3.05) is 6.61 Å². The van der Waals surface area contributed by atoms with E-state index in [4.69, 9.17) is 4.74 Å². The summed E-state index contributed by atoms with van der Waals surface area (Å²) in [6.07, 6.45) is 0. The molecule has 0 aliphatic heterocycles. The summed E-state index contributed by atoms with van der Waals surface area (Å²) >= 11 is 1.20. The summed E-state index contributed by atoms with van der Waals surface area (Å²) in [7, 11) is 0. The molecule has 7 nitrogen and oxygen atoms in total. The van der Waals surface area contributed by atoms with E-state index in [-0.39, 0.29) is 6.54 Å². The third-order valence-corrected chi connectivity index (χ3v) is 5.07. The number of hydrogen-bond donors (Lipinski definition) is 2. The number of thiazole rings is 1. The average molecular weight is 409 g/mol. The zero-order valence-electron chi connectivity index (χ0n) is 15.7. The van der Waals surface area contributed by atoms with Crippen molar-refractivity contribution in [2.45, 2.75) is 13.5 Å². The molecule has 0 unspecified atom stereocenters. The Balaban J connectivity index is 1.48. The van der Waals surface area contributed by atoms with Crippen LogP contribution in [0, 0.1) is 6.92 Å². The monoisotopic (exact) mass is 409 g/mol. The molecule has 1 aromatic heterocycles. The molecule has 3 rings (SSSR count). The number of urea groups is 1. The van der Waals surface area contributed by atoms with Gasteiger partial charge in [0.1, 0.15) is 9.88 Å². The van der Waals surface area contributed by atoms with Gasteiger partial charge in [0.25, 0.3) is 5.91 Å². The highest BCUT2D eigenvalue weighted by atomic mass is 32.1. The number of benzene rings is 2. The average Bonchev–Trinajstić information content (AvgIpc) is 3.14. The summed E-state index contributed by atoms with van der Waals surface area (Å²) in [5, 5.41) is 5.38. The van der Waals surface area contributed by atoms with E-state index in [1.807, 2.05) is 60.7 Å². The second kappa shape index (κ2) is 9.61. The molecule has 29 heavy (non-hydrogen) atoms. The van der Waals surface area contributed by atoms with Crippen molar-refractivity contribution in [1.29, 1.82) is 0 Å². The summed E-state index contributed by atoms with van der Waals surface area (Å²) in [6, 6.07) is 18.1. The number of esters is 1. The number of imide groups is 1. The van der Waals surface area contributed by atoms with Crippen LogP contribution in [0.3, 0.4) is 0 Å². The van der Waals surface area contributed by atoms with Gasteiger partial charge in [-0.1, -0.05) is 60.7 Å². The first kappa shape index (κ1) is 20.2. The predicted octanol–water partition coefficient (Wildman–Crippen LogP) is 3.30. The first-order valence-corrected chi connectivity index (χ1v) is 9.66. The van der Waals surface area contributed by atoms with E-state index in [0.717, 1.165) is 11.1 Å². The zero-order valence-corrected chi connectivity index (χ0v) is 16.5. The number of ether oxygens (including phenoxy) is 1. The largest absolute Gasteiger partial charge is 0.451 e. The maximum atomic E-state index is 12.3. The van der Waals surface area contributed by atoms with Crippen molar-refractivity contribution in [3.63, 3.8) is 0 Å². The van der Waals surface area contributed by atoms with Crippen LogP contribution in [0.5, 0.6) is 0 Å². The molecule has 2 N–H and O–H groups in total. The van der Waals surface area contributed by atoms with Gasteiger partial charge in [0.2, 0.25) is 0 Å². The van der Waals surface area contributed by atoms with Gasteiger partial charge in [-0.15, -0.1) is 11.3 Å². The molecule has 148 valence electrons. The third-order valence-electron chi connectivity index (χ3n) is 3.89. The van der Waals surface area contributed by atoms with Crippen LogP contribution in [0.4, 0.5) is 4.79 Å². The fraction of sp³-hybridized carbons (Fsp3) is 0.143. The first-order chi connectivity index (χ1) is 14.0. The fourth-order valence-corrected chi connectivity index (χ4v) is 3.44. The Kier molecular flexibility index (Phi) is 6.70. The van der Waals surface area contributed by atoms with Gasteiger partial charge in [0.05, 0.1) is 5.69 Å². The van der Waals surface area contributed by atoms with Crippen LogP contribution in [0.1, 0.15) is 20.9 Å². The first-order valence-electron chi connectivity index (χ1n) is 8.84. The smallest absolute Gasteiger partial charge is 0.350 e. The van der Waals surface area contributed by atoms with Crippen LogP contribution in [0.25, 0.3) is 10.6 Å². The molecule has 0 aliphatic rings. The number of aryl methyl sites for hydroxylation is 1. The molecule has 3 amide bonds. The van der Waals surface area contributed by atoms with Crippen molar-refractivity contribution in [3.05, 3.63) is 76.8 Å². The van der Waals surface area contributed by atoms with Crippen molar-refractivity contribution in [2.24, 2.45) is 0 Å². The third kappa shape index (κ3) is 5.73. The Morgan fingerprint density at radius 3 is 2.34 bits per heavy atom. The standard InChI is InChI=1S/C21H19N3O4S/c1-14-18(29-19(23-14)16-10-6-3-7-11-16)20(26)28-13-17(25)24-21(27)22-12-15-8-4-2-5-9-15/h2-11H,12-13H2,1H3,(H2,22,24,25,27). The molecule has 0 saturated carbocycles. The van der Waals surface area contributed by atoms with E-state index in [1.54, 1.807) is 6.92 Å².